The fourth-order valence-electron chi connectivity index (χ4n) is 1.55. The van der Waals surface area contributed by atoms with E-state index in [0.29, 0.717) is 5.57 Å². The van der Waals surface area contributed by atoms with Gasteiger partial charge in [-0.3, -0.25) is 10.2 Å². The van der Waals surface area contributed by atoms with Crippen molar-refractivity contribution in [3.05, 3.63) is 23.3 Å². The summed E-state index contributed by atoms with van der Waals surface area (Å²) in [7, 11) is 0. The second-order valence-electron chi connectivity index (χ2n) is 3.60. The highest BCUT2D eigenvalue weighted by Crippen LogP contribution is 2.25. The average molecular weight is 192 g/mol. The summed E-state index contributed by atoms with van der Waals surface area (Å²) in [6, 6.07) is 0. The zero-order chi connectivity index (χ0) is 10.7. The normalized spacial score (nSPS) is 21.1. The number of carbonyl (C=O) groups is 1. The molecule has 0 aromatic heterocycles. The van der Waals surface area contributed by atoms with E-state index in [1.54, 1.807) is 6.08 Å². The van der Waals surface area contributed by atoms with Gasteiger partial charge in [0.2, 0.25) is 0 Å². The van der Waals surface area contributed by atoms with Gasteiger partial charge in [0, 0.05) is 11.5 Å². The molecule has 1 unspecified atom stereocenters. The first-order chi connectivity index (χ1) is 6.54. The molecule has 1 aliphatic rings. The van der Waals surface area contributed by atoms with Gasteiger partial charge in [0.15, 0.2) is 5.78 Å². The standard InChI is InChI=1S/C11H16N2O/c1-3-8-4-9(7(2)14)6-10(5-8)11(12)13/h4,6,10H,3,5H2,1-2H3,(H3,12,13). The lowest BCUT2D eigenvalue weighted by Gasteiger charge is -2.19. The van der Waals surface area contributed by atoms with E-state index in [0.717, 1.165) is 12.8 Å². The van der Waals surface area contributed by atoms with Crippen molar-refractivity contribution >= 4 is 11.6 Å². The van der Waals surface area contributed by atoms with Crippen LogP contribution >= 0.6 is 0 Å². The van der Waals surface area contributed by atoms with Gasteiger partial charge in [-0.25, -0.2) is 0 Å². The van der Waals surface area contributed by atoms with Crippen LogP contribution in [0.1, 0.15) is 26.7 Å². The lowest BCUT2D eigenvalue weighted by molar-refractivity contribution is -0.113. The molecular weight excluding hydrogens is 176 g/mol. The molecule has 0 amide bonds. The lowest BCUT2D eigenvalue weighted by atomic mass is 9.87. The van der Waals surface area contributed by atoms with Crippen molar-refractivity contribution < 1.29 is 4.79 Å². The zero-order valence-electron chi connectivity index (χ0n) is 8.63. The quantitative estimate of drug-likeness (QED) is 0.529. The summed E-state index contributed by atoms with van der Waals surface area (Å²) in [6.07, 6.45) is 5.41. The Morgan fingerprint density at radius 1 is 1.71 bits per heavy atom. The maximum atomic E-state index is 11.2. The Morgan fingerprint density at radius 3 is 2.79 bits per heavy atom. The Hall–Kier alpha value is -1.38. The van der Waals surface area contributed by atoms with Crippen LogP contribution in [0, 0.1) is 11.3 Å². The largest absolute Gasteiger partial charge is 0.387 e. The third-order valence-corrected chi connectivity index (χ3v) is 2.48. The predicted molar refractivity (Wildman–Crippen MR) is 57.2 cm³/mol. The molecular formula is C11H16N2O. The van der Waals surface area contributed by atoms with Gasteiger partial charge in [-0.15, -0.1) is 0 Å². The molecule has 0 aromatic rings. The fourth-order valence-corrected chi connectivity index (χ4v) is 1.55. The highest BCUT2D eigenvalue weighted by atomic mass is 16.1. The van der Waals surface area contributed by atoms with Gasteiger partial charge in [0.25, 0.3) is 0 Å². The molecule has 0 bridgehead atoms. The van der Waals surface area contributed by atoms with E-state index < -0.39 is 0 Å². The number of nitrogens with one attached hydrogen (secondary N) is 1. The van der Waals surface area contributed by atoms with Gasteiger partial charge >= 0.3 is 0 Å². The maximum Gasteiger partial charge on any atom is 0.159 e. The van der Waals surface area contributed by atoms with Crippen LogP contribution in [0.25, 0.3) is 0 Å². The molecule has 0 aliphatic heterocycles. The average Bonchev–Trinajstić information content (AvgIpc) is 2.16. The molecule has 0 fully saturated rings. The fraction of sp³-hybridized carbons (Fsp3) is 0.455. The second kappa shape index (κ2) is 4.22. The summed E-state index contributed by atoms with van der Waals surface area (Å²) in [4.78, 5) is 11.2. The zero-order valence-corrected chi connectivity index (χ0v) is 8.63. The molecule has 0 heterocycles. The molecule has 1 atom stereocenters. The predicted octanol–water partition coefficient (Wildman–Crippen LogP) is 1.79. The second-order valence-corrected chi connectivity index (χ2v) is 3.60. The third-order valence-electron chi connectivity index (χ3n) is 2.48. The van der Waals surface area contributed by atoms with Crippen LogP contribution in [0.15, 0.2) is 23.3 Å². The molecule has 0 spiro atoms. The Morgan fingerprint density at radius 2 is 2.36 bits per heavy atom. The molecule has 14 heavy (non-hydrogen) atoms. The summed E-state index contributed by atoms with van der Waals surface area (Å²) in [5.74, 6) is 0.0959. The van der Waals surface area contributed by atoms with Crippen molar-refractivity contribution in [1.82, 2.24) is 0 Å². The molecule has 3 N–H and O–H groups in total. The van der Waals surface area contributed by atoms with E-state index in [2.05, 4.69) is 0 Å². The number of allylic oxidation sites excluding steroid dienone is 3. The number of carbonyl (C=O) groups excluding carboxylic acids is 1. The van der Waals surface area contributed by atoms with E-state index in [1.165, 1.54) is 12.5 Å². The molecule has 0 radical (unpaired) electrons. The topological polar surface area (TPSA) is 66.9 Å². The van der Waals surface area contributed by atoms with E-state index in [4.69, 9.17) is 11.1 Å². The minimum Gasteiger partial charge on any atom is -0.387 e. The van der Waals surface area contributed by atoms with Crippen LogP contribution in [-0.4, -0.2) is 11.6 Å². The first-order valence-electron chi connectivity index (χ1n) is 4.80. The van der Waals surface area contributed by atoms with Crippen LogP contribution in [0.2, 0.25) is 0 Å². The van der Waals surface area contributed by atoms with Gasteiger partial charge in [0.1, 0.15) is 0 Å². The first kappa shape index (κ1) is 10.7. The number of hydrogen-bond acceptors (Lipinski definition) is 2. The number of rotatable bonds is 3. The van der Waals surface area contributed by atoms with Gasteiger partial charge < -0.3 is 5.73 Å². The lowest BCUT2D eigenvalue weighted by Crippen LogP contribution is -2.23. The van der Waals surface area contributed by atoms with Crippen LogP contribution in [-0.2, 0) is 4.79 Å². The van der Waals surface area contributed by atoms with Crippen LogP contribution in [0.3, 0.4) is 0 Å². The SMILES string of the molecule is CCC1=CC(C(C)=O)=CC(C(=N)N)C1. The van der Waals surface area contributed by atoms with Crippen LogP contribution in [0.5, 0.6) is 0 Å². The van der Waals surface area contributed by atoms with E-state index in [9.17, 15) is 4.79 Å². The number of hydrogen-bond donors (Lipinski definition) is 2. The minimum absolute atomic E-state index is 0.0434. The number of Topliss-reactive ketones (excluding diaryl/α,β-unsaturated/α-hetero) is 1. The smallest absolute Gasteiger partial charge is 0.159 e. The number of nitrogens with two attached hydrogens (primary N) is 1. The highest BCUT2D eigenvalue weighted by molar-refractivity contribution is 5.98. The van der Waals surface area contributed by atoms with Crippen LogP contribution < -0.4 is 5.73 Å². The Kier molecular flexibility index (Phi) is 3.23. The van der Waals surface area contributed by atoms with Crippen molar-refractivity contribution in [3.8, 4) is 0 Å². The molecule has 1 rings (SSSR count). The highest BCUT2D eigenvalue weighted by Gasteiger charge is 2.18. The summed E-state index contributed by atoms with van der Waals surface area (Å²) < 4.78 is 0. The van der Waals surface area contributed by atoms with Gasteiger partial charge in [-0.05, 0) is 19.8 Å². The molecule has 1 aliphatic carbocycles. The summed E-state index contributed by atoms with van der Waals surface area (Å²) in [6.45, 7) is 3.59. The van der Waals surface area contributed by atoms with E-state index in [1.807, 2.05) is 13.0 Å². The van der Waals surface area contributed by atoms with E-state index >= 15 is 0 Å². The molecule has 0 saturated heterocycles. The van der Waals surface area contributed by atoms with Crippen molar-refractivity contribution in [3.63, 3.8) is 0 Å². The Labute approximate surface area is 84.2 Å². The van der Waals surface area contributed by atoms with Crippen LogP contribution in [0.4, 0.5) is 0 Å². The van der Waals surface area contributed by atoms with Gasteiger partial charge in [0.05, 0.1) is 5.84 Å². The summed E-state index contributed by atoms with van der Waals surface area (Å²) in [5, 5.41) is 7.38. The van der Waals surface area contributed by atoms with Crippen molar-refractivity contribution in [2.45, 2.75) is 26.7 Å². The first-order valence-corrected chi connectivity index (χ1v) is 4.80. The van der Waals surface area contributed by atoms with Gasteiger partial charge in [-0.2, -0.15) is 0 Å². The van der Waals surface area contributed by atoms with Gasteiger partial charge in [-0.1, -0.05) is 24.6 Å². The Bertz CT molecular complexity index is 326. The minimum atomic E-state index is -0.0890. The monoisotopic (exact) mass is 192 g/mol. The molecule has 0 saturated carbocycles. The van der Waals surface area contributed by atoms with Crippen molar-refractivity contribution in [1.29, 1.82) is 5.41 Å². The molecule has 76 valence electrons. The summed E-state index contributed by atoms with van der Waals surface area (Å²) in [5.41, 5.74) is 7.33. The van der Waals surface area contributed by atoms with Crippen molar-refractivity contribution in [2.24, 2.45) is 11.7 Å². The number of ketones is 1. The third kappa shape index (κ3) is 2.31. The maximum absolute atomic E-state index is 11.2. The Balaban J connectivity index is 2.96. The molecule has 3 heteroatoms. The van der Waals surface area contributed by atoms with E-state index in [-0.39, 0.29) is 17.5 Å². The summed E-state index contributed by atoms with van der Waals surface area (Å²) >= 11 is 0. The molecule has 0 aromatic carbocycles. The number of amidine groups is 1. The molecule has 3 nitrogen and oxygen atoms in total. The van der Waals surface area contributed by atoms with Crippen molar-refractivity contribution in [2.75, 3.05) is 0 Å².